The predicted molar refractivity (Wildman–Crippen MR) is 245 cm³/mol. The third-order valence-electron chi connectivity index (χ3n) is 13.4. The zero-order valence-electron chi connectivity index (χ0n) is 31.1. The third kappa shape index (κ3) is 3.34. The molecule has 8 bridgehead atoms. The highest BCUT2D eigenvalue weighted by Gasteiger charge is 2.23. The molecule has 0 fully saturated rings. The van der Waals surface area contributed by atoms with Crippen molar-refractivity contribution < 1.29 is 0 Å². The topological polar surface area (TPSA) is 17.6 Å². The summed E-state index contributed by atoms with van der Waals surface area (Å²) in [7, 11) is 0. The van der Waals surface area contributed by atoms with Gasteiger partial charge in [-0.1, -0.05) is 127 Å². The summed E-state index contributed by atoms with van der Waals surface area (Å²) < 4.78 is 10.3. The van der Waals surface area contributed by atoms with E-state index in [0.717, 1.165) is 33.1 Å². The second kappa shape index (κ2) is 10.1. The van der Waals surface area contributed by atoms with Crippen molar-refractivity contribution in [2.24, 2.45) is 0 Å². The van der Waals surface area contributed by atoms with E-state index < -0.39 is 0 Å². The minimum Gasteiger partial charge on any atom is -0.308 e. The van der Waals surface area contributed by atoms with Crippen LogP contribution in [-0.2, 0) is 0 Å². The van der Waals surface area contributed by atoms with E-state index in [1.165, 1.54) is 97.7 Å². The summed E-state index contributed by atoms with van der Waals surface area (Å²) in [6, 6.07) is 68.9. The highest BCUT2D eigenvalue weighted by atomic mass is 15.0. The quantitative estimate of drug-likeness (QED) is 0.148. The van der Waals surface area contributed by atoms with E-state index in [4.69, 9.17) is 0 Å². The molecule has 266 valence electrons. The van der Waals surface area contributed by atoms with Crippen molar-refractivity contribution in [3.63, 3.8) is 0 Å². The summed E-state index contributed by atoms with van der Waals surface area (Å²) in [6.07, 6.45) is 0. The fraction of sp³-hybridized carbons (Fsp3) is 0. The van der Waals surface area contributed by atoms with Gasteiger partial charge in [0.15, 0.2) is 0 Å². The van der Waals surface area contributed by atoms with Gasteiger partial charge in [-0.25, -0.2) is 0 Å². The number of rotatable bonds is 0. The molecule has 0 atom stereocenters. The van der Waals surface area contributed by atoms with E-state index in [1.54, 1.807) is 0 Å². The molecule has 4 nitrogen and oxygen atoms in total. The van der Waals surface area contributed by atoms with Crippen LogP contribution in [0.4, 0.5) is 0 Å². The molecule has 9 aromatic carbocycles. The molecule has 0 radical (unpaired) electrons. The number of benzene rings is 9. The molecule has 4 heteroatoms. The molecular formula is C54H30N4. The standard InChI is InChI=1S/C54H30N4/c1-4-19-44-36(10-1)39-15-8-14-35-32-24-27-47-43(30-32)42-18-9-17-41-38-12-3-6-21-46(38)58(52(41)42)54-49(56(44)50(35)39)29-28-48-53(54)57-45-20-5-2-11-37(45)40-16-7-13-34(51(40)57)31-22-25-33(26-23-31)55(47)48/h1-30H. The fourth-order valence-electron chi connectivity index (χ4n) is 11.1. The molecule has 58 heavy (non-hydrogen) atoms. The Bertz CT molecular complexity index is 4360. The zero-order valence-corrected chi connectivity index (χ0v) is 31.1. The molecule has 7 heterocycles. The van der Waals surface area contributed by atoms with Crippen molar-refractivity contribution in [1.82, 2.24) is 17.6 Å². The first-order valence-electron chi connectivity index (χ1n) is 20.1. The Labute approximate surface area is 329 Å². The molecule has 16 rings (SSSR count). The molecule has 0 spiro atoms. The van der Waals surface area contributed by atoms with E-state index in [9.17, 15) is 0 Å². The largest absolute Gasteiger partial charge is 0.308 e. The lowest BCUT2D eigenvalue weighted by molar-refractivity contribution is 1.25. The number of nitrogens with zero attached hydrogens (tertiary/aromatic N) is 4. The maximum absolute atomic E-state index is 2.62. The molecule has 0 aliphatic heterocycles. The predicted octanol–water partition coefficient (Wildman–Crippen LogP) is 14.2. The molecule has 16 aromatic rings. The van der Waals surface area contributed by atoms with Crippen molar-refractivity contribution in [2.75, 3.05) is 0 Å². The zero-order chi connectivity index (χ0) is 37.4. The van der Waals surface area contributed by atoms with Crippen molar-refractivity contribution >= 4 is 131 Å². The highest BCUT2D eigenvalue weighted by Crippen LogP contribution is 2.44. The molecule has 0 N–H and O–H groups in total. The lowest BCUT2D eigenvalue weighted by Crippen LogP contribution is -1.99. The van der Waals surface area contributed by atoms with Crippen LogP contribution in [0.1, 0.15) is 0 Å². The van der Waals surface area contributed by atoms with Crippen molar-refractivity contribution in [1.29, 1.82) is 0 Å². The van der Waals surface area contributed by atoms with Crippen LogP contribution in [0.25, 0.3) is 131 Å². The highest BCUT2D eigenvalue weighted by molar-refractivity contribution is 6.26. The van der Waals surface area contributed by atoms with E-state index >= 15 is 0 Å². The maximum Gasteiger partial charge on any atom is 0.0969 e. The van der Waals surface area contributed by atoms with E-state index in [-0.39, 0.29) is 0 Å². The first-order chi connectivity index (χ1) is 28.8. The third-order valence-corrected chi connectivity index (χ3v) is 13.4. The number of fused-ring (bicyclic) bond motifs is 12. The number of hydrogen-bond donors (Lipinski definition) is 0. The van der Waals surface area contributed by atoms with Crippen LogP contribution in [0.5, 0.6) is 0 Å². The van der Waals surface area contributed by atoms with E-state index in [0.29, 0.717) is 0 Å². The Morgan fingerprint density at radius 1 is 0.207 bits per heavy atom. The molecule has 7 aromatic heterocycles. The minimum atomic E-state index is 1.12. The Morgan fingerprint density at radius 3 is 1.17 bits per heavy atom. The normalized spacial score (nSPS) is 12.8. The van der Waals surface area contributed by atoms with E-state index in [1.807, 2.05) is 0 Å². The average molecular weight is 735 g/mol. The Kier molecular flexibility index (Phi) is 5.14. The first kappa shape index (κ1) is 29.5. The van der Waals surface area contributed by atoms with Crippen LogP contribution in [0.15, 0.2) is 182 Å². The van der Waals surface area contributed by atoms with Crippen LogP contribution in [0, 0.1) is 0 Å². The second-order valence-electron chi connectivity index (χ2n) is 16.1. The average Bonchev–Trinajstić information content (AvgIpc) is 3.92. The summed E-state index contributed by atoms with van der Waals surface area (Å²) in [5.74, 6) is 0. The van der Waals surface area contributed by atoms with Crippen LogP contribution < -0.4 is 0 Å². The van der Waals surface area contributed by atoms with Gasteiger partial charge in [-0.3, -0.25) is 0 Å². The Balaban J connectivity index is 1.52. The van der Waals surface area contributed by atoms with Gasteiger partial charge in [-0.2, -0.15) is 0 Å². The lowest BCUT2D eigenvalue weighted by Gasteiger charge is -2.15. The van der Waals surface area contributed by atoms with Crippen LogP contribution in [-0.4, -0.2) is 17.6 Å². The molecular weight excluding hydrogens is 705 g/mol. The molecule has 0 aliphatic rings. The van der Waals surface area contributed by atoms with Crippen LogP contribution >= 0.6 is 0 Å². The summed E-state index contributed by atoms with van der Waals surface area (Å²) in [6.45, 7) is 0. The summed E-state index contributed by atoms with van der Waals surface area (Å²) >= 11 is 0. The number of aromatic nitrogens is 4. The lowest BCUT2D eigenvalue weighted by atomic mass is 10.0. The molecule has 0 amide bonds. The summed E-state index contributed by atoms with van der Waals surface area (Å²) in [5.41, 5.74) is 14.1. The Hall–Kier alpha value is -7.82. The fourth-order valence-corrected chi connectivity index (χ4v) is 11.1. The SMILES string of the molecule is c1ccc2c(c1)c1cccc3c4ccc5c(c4)c4cccc6c7ccccc7n(c46)c4c(ccc6c4n4c7ccccc7c7cccc(c8ccc(cc8)n56)c74)n2c31. The van der Waals surface area contributed by atoms with Gasteiger partial charge in [-0.15, -0.1) is 0 Å². The molecule has 0 unspecified atom stereocenters. The number of hydrogen-bond acceptors (Lipinski definition) is 0. The first-order valence-corrected chi connectivity index (χ1v) is 20.1. The van der Waals surface area contributed by atoms with Crippen molar-refractivity contribution in [3.8, 4) is 0 Å². The van der Waals surface area contributed by atoms with Crippen molar-refractivity contribution in [2.45, 2.75) is 0 Å². The summed E-state index contributed by atoms with van der Waals surface area (Å²) in [5, 5.41) is 14.7. The van der Waals surface area contributed by atoms with Gasteiger partial charge < -0.3 is 17.6 Å². The summed E-state index contributed by atoms with van der Waals surface area (Å²) in [4.78, 5) is 0. The Morgan fingerprint density at radius 2 is 0.586 bits per heavy atom. The van der Waals surface area contributed by atoms with Crippen molar-refractivity contribution in [3.05, 3.63) is 182 Å². The second-order valence-corrected chi connectivity index (χ2v) is 16.1. The number of para-hydroxylation sites is 6. The monoisotopic (exact) mass is 734 g/mol. The minimum absolute atomic E-state index is 1.12. The van der Waals surface area contributed by atoms with Gasteiger partial charge >= 0.3 is 0 Å². The van der Waals surface area contributed by atoms with Gasteiger partial charge in [0.05, 0.1) is 60.7 Å². The van der Waals surface area contributed by atoms with Gasteiger partial charge in [-0.05, 0) is 65.4 Å². The van der Waals surface area contributed by atoms with Gasteiger partial charge in [0.25, 0.3) is 0 Å². The molecule has 0 saturated heterocycles. The van der Waals surface area contributed by atoms with Gasteiger partial charge in [0.1, 0.15) is 0 Å². The van der Waals surface area contributed by atoms with E-state index in [2.05, 4.69) is 200 Å². The van der Waals surface area contributed by atoms with Crippen LogP contribution in [0.3, 0.4) is 0 Å². The smallest absolute Gasteiger partial charge is 0.0969 e. The van der Waals surface area contributed by atoms with Crippen LogP contribution in [0.2, 0.25) is 0 Å². The molecule has 0 saturated carbocycles. The van der Waals surface area contributed by atoms with Gasteiger partial charge in [0.2, 0.25) is 0 Å². The maximum atomic E-state index is 2.62. The molecule has 0 aliphatic carbocycles. The van der Waals surface area contributed by atoms with Gasteiger partial charge in [0, 0.05) is 59.4 Å².